The van der Waals surface area contributed by atoms with Crippen LogP contribution in [0.25, 0.3) is 17.3 Å². The van der Waals surface area contributed by atoms with Crippen molar-refractivity contribution in [2.45, 2.75) is 24.9 Å². The zero-order valence-corrected chi connectivity index (χ0v) is 20.6. The summed E-state index contributed by atoms with van der Waals surface area (Å²) in [5.41, 5.74) is 6.32. The number of aryl methyl sites for hydroxylation is 3. The Bertz CT molecular complexity index is 1480. The number of carbonyl (C=O) groups excluding carboxylic acids is 1. The molecule has 2 aromatic heterocycles. The molecular formula is C29H24N4O2S. The molecule has 6 nitrogen and oxygen atoms in total. The fourth-order valence-corrected chi connectivity index (χ4v) is 5.40. The van der Waals surface area contributed by atoms with Crippen LogP contribution in [-0.2, 0) is 17.6 Å². The van der Waals surface area contributed by atoms with Crippen molar-refractivity contribution in [3.05, 3.63) is 108 Å². The predicted molar refractivity (Wildman–Crippen MR) is 142 cm³/mol. The van der Waals surface area contributed by atoms with Crippen LogP contribution in [0.2, 0.25) is 0 Å². The van der Waals surface area contributed by atoms with Gasteiger partial charge in [0.1, 0.15) is 0 Å². The maximum absolute atomic E-state index is 13.8. The first-order valence-electron chi connectivity index (χ1n) is 11.9. The minimum atomic E-state index is -0.000181. The van der Waals surface area contributed by atoms with Gasteiger partial charge in [0, 0.05) is 5.69 Å². The largest absolute Gasteiger partial charge is 0.461 e. The van der Waals surface area contributed by atoms with Crippen LogP contribution in [0.15, 0.2) is 101 Å². The lowest BCUT2D eigenvalue weighted by atomic mass is 10.0. The number of amides is 1. The van der Waals surface area contributed by atoms with E-state index in [-0.39, 0.29) is 11.7 Å². The summed E-state index contributed by atoms with van der Waals surface area (Å²) in [7, 11) is 0. The van der Waals surface area contributed by atoms with E-state index in [1.807, 2.05) is 82.3 Å². The summed E-state index contributed by atoms with van der Waals surface area (Å²) in [4.78, 5) is 15.7. The quantitative estimate of drug-likeness (QED) is 0.266. The molecule has 0 radical (unpaired) electrons. The van der Waals surface area contributed by atoms with E-state index in [2.05, 4.69) is 29.3 Å². The summed E-state index contributed by atoms with van der Waals surface area (Å²) in [6, 6.07) is 28.2. The first-order chi connectivity index (χ1) is 17.7. The third-order valence-electron chi connectivity index (χ3n) is 6.37. The fraction of sp³-hybridized carbons (Fsp3) is 0.138. The topological polar surface area (TPSA) is 64.2 Å². The van der Waals surface area contributed by atoms with Crippen LogP contribution in [-0.4, -0.2) is 26.4 Å². The van der Waals surface area contributed by atoms with Gasteiger partial charge in [-0.15, -0.1) is 10.2 Å². The van der Waals surface area contributed by atoms with Crippen molar-refractivity contribution in [1.29, 1.82) is 0 Å². The number of hydrogen-bond donors (Lipinski definition) is 0. The number of anilines is 2. The second-order valence-electron chi connectivity index (χ2n) is 8.73. The van der Waals surface area contributed by atoms with E-state index in [1.54, 1.807) is 6.26 Å². The highest BCUT2D eigenvalue weighted by Crippen LogP contribution is 2.37. The first kappa shape index (κ1) is 22.4. The number of nitrogens with zero attached hydrogens (tertiary/aromatic N) is 4. The van der Waals surface area contributed by atoms with Crippen LogP contribution >= 0.6 is 11.8 Å². The molecule has 1 amide bonds. The van der Waals surface area contributed by atoms with Crippen molar-refractivity contribution >= 4 is 29.0 Å². The lowest BCUT2D eigenvalue weighted by molar-refractivity contribution is -0.115. The maximum atomic E-state index is 13.8. The van der Waals surface area contributed by atoms with Crippen LogP contribution < -0.4 is 4.90 Å². The summed E-state index contributed by atoms with van der Waals surface area (Å²) < 4.78 is 7.57. The Hall–Kier alpha value is -4.10. The highest BCUT2D eigenvalue weighted by atomic mass is 32.2. The molecule has 1 aliphatic heterocycles. The number of rotatable bonds is 5. The summed E-state index contributed by atoms with van der Waals surface area (Å²) >= 11 is 1.38. The number of carbonyl (C=O) groups is 1. The average molecular weight is 493 g/mol. The minimum Gasteiger partial charge on any atom is -0.461 e. The molecule has 1 aliphatic rings. The van der Waals surface area contributed by atoms with Crippen molar-refractivity contribution in [3.8, 4) is 17.3 Å². The van der Waals surface area contributed by atoms with Crippen molar-refractivity contribution in [1.82, 2.24) is 14.8 Å². The molecule has 5 aromatic rings. The molecular weight excluding hydrogens is 468 g/mol. The van der Waals surface area contributed by atoms with Gasteiger partial charge in [-0.2, -0.15) is 0 Å². The smallest absolute Gasteiger partial charge is 0.242 e. The van der Waals surface area contributed by atoms with Gasteiger partial charge >= 0.3 is 0 Å². The van der Waals surface area contributed by atoms with Crippen LogP contribution in [0.3, 0.4) is 0 Å². The van der Waals surface area contributed by atoms with E-state index in [4.69, 9.17) is 4.42 Å². The number of furan rings is 1. The lowest BCUT2D eigenvalue weighted by Crippen LogP contribution is -2.28. The number of fused-ring (bicyclic) bond motifs is 2. The zero-order chi connectivity index (χ0) is 24.5. The molecule has 0 unspecified atom stereocenters. The van der Waals surface area contributed by atoms with Gasteiger partial charge in [-0.1, -0.05) is 65.9 Å². The van der Waals surface area contributed by atoms with E-state index in [9.17, 15) is 4.79 Å². The molecule has 36 heavy (non-hydrogen) atoms. The number of para-hydroxylation sites is 2. The molecule has 0 N–H and O–H groups in total. The Balaban J connectivity index is 1.35. The number of aromatic nitrogens is 3. The molecule has 3 heterocycles. The van der Waals surface area contributed by atoms with Crippen LogP contribution in [0, 0.1) is 6.92 Å². The number of thioether (sulfide) groups is 1. The minimum absolute atomic E-state index is 0.000181. The molecule has 7 heteroatoms. The fourth-order valence-electron chi connectivity index (χ4n) is 4.59. The average Bonchev–Trinajstić information content (AvgIpc) is 3.55. The molecule has 0 fully saturated rings. The van der Waals surface area contributed by atoms with Crippen molar-refractivity contribution < 1.29 is 9.21 Å². The summed E-state index contributed by atoms with van der Waals surface area (Å²) in [5.74, 6) is 1.44. The van der Waals surface area contributed by atoms with Crippen LogP contribution in [0.5, 0.6) is 0 Å². The van der Waals surface area contributed by atoms with Crippen molar-refractivity contribution in [2.24, 2.45) is 0 Å². The number of benzene rings is 3. The lowest BCUT2D eigenvalue weighted by Gasteiger charge is -2.25. The normalized spacial score (nSPS) is 12.6. The van der Waals surface area contributed by atoms with E-state index in [1.165, 1.54) is 22.9 Å². The second kappa shape index (κ2) is 9.51. The summed E-state index contributed by atoms with van der Waals surface area (Å²) in [6.07, 6.45) is 3.42. The Labute approximate surface area is 213 Å². The Kier molecular flexibility index (Phi) is 5.91. The molecule has 0 spiro atoms. The van der Waals surface area contributed by atoms with E-state index in [0.717, 1.165) is 35.5 Å². The number of hydrogen-bond acceptors (Lipinski definition) is 5. The van der Waals surface area contributed by atoms with E-state index >= 15 is 0 Å². The van der Waals surface area contributed by atoms with Gasteiger partial charge in [0.05, 0.1) is 23.4 Å². The Morgan fingerprint density at radius 2 is 1.53 bits per heavy atom. The maximum Gasteiger partial charge on any atom is 0.242 e. The Morgan fingerprint density at radius 1 is 0.861 bits per heavy atom. The molecule has 0 saturated carbocycles. The highest BCUT2D eigenvalue weighted by molar-refractivity contribution is 7.99. The van der Waals surface area contributed by atoms with Gasteiger partial charge < -0.3 is 4.42 Å². The predicted octanol–water partition coefficient (Wildman–Crippen LogP) is 6.39. The summed E-state index contributed by atoms with van der Waals surface area (Å²) in [5, 5.41) is 9.48. The Morgan fingerprint density at radius 3 is 2.17 bits per heavy atom. The van der Waals surface area contributed by atoms with Crippen LogP contribution in [0.1, 0.15) is 16.7 Å². The van der Waals surface area contributed by atoms with Gasteiger partial charge in [0.25, 0.3) is 0 Å². The summed E-state index contributed by atoms with van der Waals surface area (Å²) in [6.45, 7) is 2.05. The molecule has 0 atom stereocenters. The first-order valence-corrected chi connectivity index (χ1v) is 12.9. The third-order valence-corrected chi connectivity index (χ3v) is 7.28. The van der Waals surface area contributed by atoms with E-state index in [0.29, 0.717) is 16.7 Å². The zero-order valence-electron chi connectivity index (χ0n) is 19.8. The van der Waals surface area contributed by atoms with Gasteiger partial charge in [-0.25, -0.2) is 0 Å². The van der Waals surface area contributed by atoms with E-state index < -0.39 is 0 Å². The standard InChI is InChI=1S/C29H24N4O2S/c1-20-12-16-23(17-13-20)32-28(26-11-6-18-35-26)30-31-29(32)36-19-27(34)33-24-9-4-2-7-21(24)14-15-22-8-3-5-10-25(22)33/h2-13,16-18H,14-15,19H2,1H3. The van der Waals surface area contributed by atoms with Crippen molar-refractivity contribution in [2.75, 3.05) is 10.7 Å². The third kappa shape index (κ3) is 4.12. The van der Waals surface area contributed by atoms with Gasteiger partial charge in [-0.05, 0) is 67.3 Å². The van der Waals surface area contributed by atoms with Gasteiger partial charge in [-0.3, -0.25) is 14.3 Å². The molecule has 3 aromatic carbocycles. The monoisotopic (exact) mass is 492 g/mol. The van der Waals surface area contributed by atoms with Crippen molar-refractivity contribution in [3.63, 3.8) is 0 Å². The highest BCUT2D eigenvalue weighted by Gasteiger charge is 2.27. The molecule has 0 bridgehead atoms. The SMILES string of the molecule is Cc1ccc(-n2c(SCC(=O)N3c4ccccc4CCc4ccccc43)nnc2-c2ccco2)cc1. The van der Waals surface area contributed by atoms with Crippen LogP contribution in [0.4, 0.5) is 11.4 Å². The molecule has 0 saturated heterocycles. The molecule has 178 valence electrons. The van der Waals surface area contributed by atoms with Gasteiger partial charge in [0.15, 0.2) is 10.9 Å². The second-order valence-corrected chi connectivity index (χ2v) is 9.67. The molecule has 0 aliphatic carbocycles. The molecule has 6 rings (SSSR count). The van der Waals surface area contributed by atoms with Gasteiger partial charge in [0.2, 0.25) is 11.7 Å².